The molecule has 1 rings (SSSR count). The fraction of sp³-hybridized carbons (Fsp3) is 0.667. The van der Waals surface area contributed by atoms with Gasteiger partial charge in [0.1, 0.15) is 0 Å². The van der Waals surface area contributed by atoms with Crippen LogP contribution >= 0.6 is 11.3 Å². The van der Waals surface area contributed by atoms with Gasteiger partial charge in [0.05, 0.1) is 11.6 Å². The number of aryl methyl sites for hydroxylation is 1. The van der Waals surface area contributed by atoms with Gasteiger partial charge in [-0.2, -0.15) is 0 Å². The molecule has 1 aromatic heterocycles. The van der Waals surface area contributed by atoms with E-state index in [0.29, 0.717) is 6.61 Å². The predicted molar refractivity (Wildman–Crippen MR) is 58.4 cm³/mol. The Morgan fingerprint density at radius 1 is 1.71 bits per heavy atom. The first-order valence-electron chi connectivity index (χ1n) is 4.59. The number of nitrogens with zero attached hydrogens (tertiary/aromatic N) is 1. The van der Waals surface area contributed by atoms with Crippen molar-refractivity contribution in [1.82, 2.24) is 10.3 Å². The molecule has 1 unspecified atom stereocenters. The van der Waals surface area contributed by atoms with Crippen molar-refractivity contribution in [3.05, 3.63) is 16.1 Å². The zero-order chi connectivity index (χ0) is 10.4. The molecule has 3 N–H and O–H groups in total. The number of aromatic nitrogens is 1. The van der Waals surface area contributed by atoms with Gasteiger partial charge in [-0.25, -0.2) is 4.98 Å². The SMILES string of the molecule is COCC(N)CNCc1cnc(C)s1. The summed E-state index contributed by atoms with van der Waals surface area (Å²) >= 11 is 1.71. The highest BCUT2D eigenvalue weighted by molar-refractivity contribution is 7.11. The van der Waals surface area contributed by atoms with E-state index in [9.17, 15) is 0 Å². The molecule has 0 spiro atoms. The number of methoxy groups -OCH3 is 1. The van der Waals surface area contributed by atoms with E-state index in [1.807, 2.05) is 13.1 Å². The molecular weight excluding hydrogens is 198 g/mol. The van der Waals surface area contributed by atoms with E-state index >= 15 is 0 Å². The topological polar surface area (TPSA) is 60.2 Å². The van der Waals surface area contributed by atoms with Gasteiger partial charge in [0.15, 0.2) is 0 Å². The van der Waals surface area contributed by atoms with Crippen LogP contribution in [-0.4, -0.2) is 31.3 Å². The first-order chi connectivity index (χ1) is 6.72. The van der Waals surface area contributed by atoms with Gasteiger partial charge >= 0.3 is 0 Å². The van der Waals surface area contributed by atoms with Gasteiger partial charge in [-0.15, -0.1) is 11.3 Å². The zero-order valence-electron chi connectivity index (χ0n) is 8.62. The Bertz CT molecular complexity index is 264. The number of thiazole rings is 1. The number of rotatable bonds is 6. The van der Waals surface area contributed by atoms with Crippen LogP contribution in [0.4, 0.5) is 0 Å². The minimum absolute atomic E-state index is 0.0639. The van der Waals surface area contributed by atoms with Gasteiger partial charge in [0.25, 0.3) is 0 Å². The highest BCUT2D eigenvalue weighted by Gasteiger charge is 2.02. The third-order valence-corrected chi connectivity index (χ3v) is 2.67. The monoisotopic (exact) mass is 215 g/mol. The molecule has 0 aliphatic rings. The Balaban J connectivity index is 2.15. The van der Waals surface area contributed by atoms with E-state index < -0.39 is 0 Å². The molecule has 0 saturated heterocycles. The highest BCUT2D eigenvalue weighted by Crippen LogP contribution is 2.10. The van der Waals surface area contributed by atoms with E-state index in [1.165, 1.54) is 4.88 Å². The molecular formula is C9H17N3OS. The van der Waals surface area contributed by atoms with Crippen molar-refractivity contribution in [2.75, 3.05) is 20.3 Å². The van der Waals surface area contributed by atoms with Gasteiger partial charge in [0, 0.05) is 37.3 Å². The highest BCUT2D eigenvalue weighted by atomic mass is 32.1. The average Bonchev–Trinajstić information content (AvgIpc) is 2.52. The van der Waals surface area contributed by atoms with E-state index in [0.717, 1.165) is 18.1 Å². The Morgan fingerprint density at radius 2 is 2.50 bits per heavy atom. The summed E-state index contributed by atoms with van der Waals surface area (Å²) in [7, 11) is 1.66. The van der Waals surface area contributed by atoms with Crippen LogP contribution in [0.3, 0.4) is 0 Å². The summed E-state index contributed by atoms with van der Waals surface area (Å²) in [6, 6.07) is 0.0639. The Morgan fingerprint density at radius 3 is 3.07 bits per heavy atom. The van der Waals surface area contributed by atoms with E-state index in [-0.39, 0.29) is 6.04 Å². The fourth-order valence-corrected chi connectivity index (χ4v) is 1.91. The van der Waals surface area contributed by atoms with Gasteiger partial charge in [0.2, 0.25) is 0 Å². The summed E-state index contributed by atoms with van der Waals surface area (Å²) in [5.41, 5.74) is 5.75. The van der Waals surface area contributed by atoms with Gasteiger partial charge in [-0.05, 0) is 6.92 Å². The maximum absolute atomic E-state index is 5.75. The van der Waals surface area contributed by atoms with Gasteiger partial charge < -0.3 is 15.8 Å². The second-order valence-electron chi connectivity index (χ2n) is 3.19. The first-order valence-corrected chi connectivity index (χ1v) is 5.40. The lowest BCUT2D eigenvalue weighted by Crippen LogP contribution is -2.36. The first kappa shape index (κ1) is 11.6. The second kappa shape index (κ2) is 6.08. The van der Waals surface area contributed by atoms with Gasteiger partial charge in [-0.3, -0.25) is 0 Å². The summed E-state index contributed by atoms with van der Waals surface area (Å²) in [6.07, 6.45) is 1.90. The Labute approximate surface area is 88.5 Å². The zero-order valence-corrected chi connectivity index (χ0v) is 9.43. The summed E-state index contributed by atoms with van der Waals surface area (Å²) in [5.74, 6) is 0. The standard InChI is InChI=1S/C9H17N3OS/c1-7-12-5-9(14-7)4-11-3-8(10)6-13-2/h5,8,11H,3-4,6,10H2,1-2H3. The number of hydrogen-bond donors (Lipinski definition) is 2. The smallest absolute Gasteiger partial charge is 0.0897 e. The van der Waals surface area contributed by atoms with Crippen LogP contribution in [0.5, 0.6) is 0 Å². The maximum Gasteiger partial charge on any atom is 0.0897 e. The van der Waals surface area contributed by atoms with Crippen molar-refractivity contribution >= 4 is 11.3 Å². The summed E-state index contributed by atoms with van der Waals surface area (Å²) in [4.78, 5) is 5.42. The molecule has 1 heterocycles. The molecule has 0 bridgehead atoms. The van der Waals surface area contributed by atoms with Crippen LogP contribution in [0.15, 0.2) is 6.20 Å². The minimum atomic E-state index is 0.0639. The van der Waals surface area contributed by atoms with Crippen LogP contribution in [0.1, 0.15) is 9.88 Å². The van der Waals surface area contributed by atoms with Crippen LogP contribution in [0, 0.1) is 6.92 Å². The quantitative estimate of drug-likeness (QED) is 0.726. The van der Waals surface area contributed by atoms with E-state index in [1.54, 1.807) is 18.4 Å². The van der Waals surface area contributed by atoms with Gasteiger partial charge in [-0.1, -0.05) is 0 Å². The molecule has 0 aromatic carbocycles. The van der Waals surface area contributed by atoms with Crippen molar-refractivity contribution in [3.63, 3.8) is 0 Å². The summed E-state index contributed by atoms with van der Waals surface area (Å²) in [6.45, 7) is 4.20. The van der Waals surface area contributed by atoms with Crippen LogP contribution in [0.25, 0.3) is 0 Å². The third kappa shape index (κ3) is 4.15. The number of nitrogens with one attached hydrogen (secondary N) is 1. The average molecular weight is 215 g/mol. The minimum Gasteiger partial charge on any atom is -0.383 e. The van der Waals surface area contributed by atoms with E-state index in [4.69, 9.17) is 10.5 Å². The van der Waals surface area contributed by atoms with Crippen LogP contribution in [0.2, 0.25) is 0 Å². The normalized spacial score (nSPS) is 13.1. The molecule has 4 nitrogen and oxygen atoms in total. The van der Waals surface area contributed by atoms with Crippen molar-refractivity contribution < 1.29 is 4.74 Å². The van der Waals surface area contributed by atoms with Crippen molar-refractivity contribution in [3.8, 4) is 0 Å². The summed E-state index contributed by atoms with van der Waals surface area (Å²) < 4.78 is 4.94. The summed E-state index contributed by atoms with van der Waals surface area (Å²) in [5, 5.41) is 4.36. The molecule has 1 atom stereocenters. The molecule has 80 valence electrons. The molecule has 14 heavy (non-hydrogen) atoms. The third-order valence-electron chi connectivity index (χ3n) is 1.76. The molecule has 0 aliphatic carbocycles. The molecule has 0 amide bonds. The van der Waals surface area contributed by atoms with Crippen molar-refractivity contribution in [2.45, 2.75) is 19.5 Å². The maximum atomic E-state index is 5.75. The lowest BCUT2D eigenvalue weighted by molar-refractivity contribution is 0.179. The molecule has 0 radical (unpaired) electrons. The molecule has 0 aliphatic heterocycles. The lowest BCUT2D eigenvalue weighted by Gasteiger charge is -2.10. The number of hydrogen-bond acceptors (Lipinski definition) is 5. The molecule has 1 aromatic rings. The number of nitrogens with two attached hydrogens (primary N) is 1. The molecule has 5 heteroatoms. The Hall–Kier alpha value is -0.490. The Kier molecular flexibility index (Phi) is 5.03. The van der Waals surface area contributed by atoms with Crippen molar-refractivity contribution in [2.24, 2.45) is 5.73 Å². The van der Waals surface area contributed by atoms with Crippen molar-refractivity contribution in [1.29, 1.82) is 0 Å². The fourth-order valence-electron chi connectivity index (χ4n) is 1.14. The number of ether oxygens (including phenoxy) is 1. The lowest BCUT2D eigenvalue weighted by atomic mass is 10.3. The van der Waals surface area contributed by atoms with Crippen LogP contribution < -0.4 is 11.1 Å². The predicted octanol–water partition coefficient (Wildman–Crippen LogP) is 0.515. The van der Waals surface area contributed by atoms with E-state index in [2.05, 4.69) is 10.3 Å². The largest absolute Gasteiger partial charge is 0.383 e. The van der Waals surface area contributed by atoms with Crippen LogP contribution in [-0.2, 0) is 11.3 Å². The molecule has 0 fully saturated rings. The second-order valence-corrected chi connectivity index (χ2v) is 4.51. The molecule has 0 saturated carbocycles.